The number of piperidine rings is 1. The third-order valence-corrected chi connectivity index (χ3v) is 5.85. The maximum Gasteiger partial charge on any atom is 0.227 e. The van der Waals surface area contributed by atoms with Gasteiger partial charge in [-0.15, -0.1) is 0 Å². The molecular weight excluding hydrogens is 282 g/mol. The van der Waals surface area contributed by atoms with Gasteiger partial charge in [-0.1, -0.05) is 12.1 Å². The van der Waals surface area contributed by atoms with Gasteiger partial charge in [-0.3, -0.25) is 4.79 Å². The van der Waals surface area contributed by atoms with Crippen molar-refractivity contribution in [1.29, 1.82) is 0 Å². The van der Waals surface area contributed by atoms with Crippen LogP contribution in [0.3, 0.4) is 0 Å². The molecule has 21 heavy (non-hydrogen) atoms. The van der Waals surface area contributed by atoms with E-state index in [0.717, 1.165) is 16.6 Å². The van der Waals surface area contributed by atoms with Gasteiger partial charge in [0, 0.05) is 17.3 Å². The van der Waals surface area contributed by atoms with Gasteiger partial charge in [0.25, 0.3) is 0 Å². The molecule has 1 aromatic carbocycles. The zero-order chi connectivity index (χ0) is 14.8. The summed E-state index contributed by atoms with van der Waals surface area (Å²) in [6, 6.07) is 8.79. The van der Waals surface area contributed by atoms with Crippen LogP contribution in [-0.2, 0) is 11.2 Å². The molecule has 1 aromatic rings. The van der Waals surface area contributed by atoms with Crippen LogP contribution in [0.2, 0.25) is 0 Å². The highest BCUT2D eigenvalue weighted by Gasteiger charge is 2.42. The van der Waals surface area contributed by atoms with Crippen molar-refractivity contribution in [1.82, 2.24) is 4.90 Å². The lowest BCUT2D eigenvalue weighted by Gasteiger charge is -2.38. The van der Waals surface area contributed by atoms with Gasteiger partial charge in [0.1, 0.15) is 5.75 Å². The van der Waals surface area contributed by atoms with E-state index in [1.807, 2.05) is 36.0 Å². The quantitative estimate of drug-likeness (QED) is 0.856. The van der Waals surface area contributed by atoms with Crippen LogP contribution >= 0.6 is 11.8 Å². The number of thioether (sulfide) groups is 1. The molecule has 2 heterocycles. The second-order valence-electron chi connectivity index (χ2n) is 6.04. The highest BCUT2D eigenvalue weighted by Crippen LogP contribution is 2.39. The molecule has 2 aliphatic heterocycles. The fourth-order valence-electron chi connectivity index (χ4n) is 3.78. The minimum absolute atomic E-state index is 0.287. The van der Waals surface area contributed by atoms with E-state index >= 15 is 0 Å². The van der Waals surface area contributed by atoms with E-state index in [-0.39, 0.29) is 5.91 Å². The van der Waals surface area contributed by atoms with Crippen LogP contribution in [-0.4, -0.2) is 41.5 Å². The SMILES string of the molecule is COc1cccc(CC(=O)N2C3CCC2CC(SC)C3)c1. The van der Waals surface area contributed by atoms with E-state index < -0.39 is 0 Å². The Morgan fingerprint density at radius 2 is 2.05 bits per heavy atom. The maximum atomic E-state index is 12.7. The number of ether oxygens (including phenoxy) is 1. The first kappa shape index (κ1) is 14.8. The maximum absolute atomic E-state index is 12.7. The third-order valence-electron chi connectivity index (χ3n) is 4.80. The molecule has 2 fully saturated rings. The molecule has 3 rings (SSSR count). The fourth-order valence-corrected chi connectivity index (χ4v) is 4.60. The lowest BCUT2D eigenvalue weighted by molar-refractivity contribution is -0.134. The number of nitrogens with zero attached hydrogens (tertiary/aromatic N) is 1. The Labute approximate surface area is 131 Å². The highest BCUT2D eigenvalue weighted by atomic mass is 32.2. The average Bonchev–Trinajstić information content (AvgIpc) is 2.78. The molecular formula is C17H23NO2S. The van der Waals surface area contributed by atoms with Gasteiger partial charge in [-0.25, -0.2) is 0 Å². The smallest absolute Gasteiger partial charge is 0.227 e. The zero-order valence-electron chi connectivity index (χ0n) is 12.7. The molecule has 3 nitrogen and oxygen atoms in total. The van der Waals surface area contributed by atoms with E-state index in [2.05, 4.69) is 11.2 Å². The second-order valence-corrected chi connectivity index (χ2v) is 7.18. The van der Waals surface area contributed by atoms with Crippen LogP contribution in [0, 0.1) is 0 Å². The van der Waals surface area contributed by atoms with Crippen LogP contribution in [0.25, 0.3) is 0 Å². The number of hydrogen-bond acceptors (Lipinski definition) is 3. The minimum Gasteiger partial charge on any atom is -0.497 e. The Bertz CT molecular complexity index is 505. The summed E-state index contributed by atoms with van der Waals surface area (Å²) in [7, 11) is 1.66. The summed E-state index contributed by atoms with van der Waals surface area (Å²) in [4.78, 5) is 14.9. The van der Waals surface area contributed by atoms with Gasteiger partial charge >= 0.3 is 0 Å². The summed E-state index contributed by atoms with van der Waals surface area (Å²) in [5.74, 6) is 1.11. The average molecular weight is 305 g/mol. The zero-order valence-corrected chi connectivity index (χ0v) is 13.6. The van der Waals surface area contributed by atoms with Crippen molar-refractivity contribution in [3.63, 3.8) is 0 Å². The van der Waals surface area contributed by atoms with Gasteiger partial charge in [0.15, 0.2) is 0 Å². The van der Waals surface area contributed by atoms with Crippen LogP contribution in [0.15, 0.2) is 24.3 Å². The first-order valence-corrected chi connectivity index (χ1v) is 8.97. The lowest BCUT2D eigenvalue weighted by Crippen LogP contribution is -2.47. The van der Waals surface area contributed by atoms with Crippen LogP contribution < -0.4 is 4.74 Å². The molecule has 2 saturated heterocycles. The van der Waals surface area contributed by atoms with Crippen LogP contribution in [0.1, 0.15) is 31.2 Å². The van der Waals surface area contributed by atoms with Crippen molar-refractivity contribution in [2.24, 2.45) is 0 Å². The van der Waals surface area contributed by atoms with Gasteiger partial charge in [-0.2, -0.15) is 11.8 Å². The summed E-state index contributed by atoms with van der Waals surface area (Å²) >= 11 is 1.96. The van der Waals surface area contributed by atoms with Crippen molar-refractivity contribution >= 4 is 17.7 Å². The Kier molecular flexibility index (Phi) is 4.43. The molecule has 0 aliphatic carbocycles. The van der Waals surface area contributed by atoms with Gasteiger partial charge < -0.3 is 9.64 Å². The molecule has 1 amide bonds. The fraction of sp³-hybridized carbons (Fsp3) is 0.588. The number of carbonyl (C=O) groups is 1. The number of amides is 1. The van der Waals surface area contributed by atoms with E-state index in [0.29, 0.717) is 18.5 Å². The Morgan fingerprint density at radius 3 is 2.67 bits per heavy atom. The number of methoxy groups -OCH3 is 1. The van der Waals surface area contributed by atoms with Crippen molar-refractivity contribution < 1.29 is 9.53 Å². The molecule has 0 saturated carbocycles. The summed E-state index contributed by atoms with van der Waals surface area (Å²) in [5.41, 5.74) is 1.05. The van der Waals surface area contributed by atoms with Crippen LogP contribution in [0.4, 0.5) is 0 Å². The Morgan fingerprint density at radius 1 is 1.33 bits per heavy atom. The van der Waals surface area contributed by atoms with E-state index in [9.17, 15) is 4.79 Å². The standard InChI is InChI=1S/C17H23NO2S/c1-20-15-5-3-4-12(8-15)9-17(19)18-13-6-7-14(18)11-16(10-13)21-2/h3-5,8,13-14,16H,6-7,9-11H2,1-2H3. The lowest BCUT2D eigenvalue weighted by atomic mass is 10.0. The monoisotopic (exact) mass is 305 g/mol. The normalized spacial score (nSPS) is 27.7. The number of fused-ring (bicyclic) bond motifs is 2. The summed E-state index contributed by atoms with van der Waals surface area (Å²) in [5, 5.41) is 0.739. The first-order valence-electron chi connectivity index (χ1n) is 7.68. The van der Waals surface area contributed by atoms with Gasteiger partial charge in [-0.05, 0) is 49.6 Å². The van der Waals surface area contributed by atoms with Crippen molar-refractivity contribution in [3.8, 4) is 5.75 Å². The second kappa shape index (κ2) is 6.30. The predicted molar refractivity (Wildman–Crippen MR) is 86.9 cm³/mol. The first-order chi connectivity index (χ1) is 10.2. The number of rotatable bonds is 4. The largest absolute Gasteiger partial charge is 0.497 e. The van der Waals surface area contributed by atoms with E-state index in [1.54, 1.807) is 7.11 Å². The van der Waals surface area contributed by atoms with E-state index in [1.165, 1.54) is 25.7 Å². The van der Waals surface area contributed by atoms with Gasteiger partial charge in [0.2, 0.25) is 5.91 Å². The molecule has 2 bridgehead atoms. The molecule has 2 unspecified atom stereocenters. The van der Waals surface area contributed by atoms with Crippen molar-refractivity contribution in [2.75, 3.05) is 13.4 Å². The molecule has 0 aromatic heterocycles. The molecule has 0 spiro atoms. The van der Waals surface area contributed by atoms with Crippen LogP contribution in [0.5, 0.6) is 5.75 Å². The number of benzene rings is 1. The van der Waals surface area contributed by atoms with Gasteiger partial charge in [0.05, 0.1) is 13.5 Å². The Hall–Kier alpha value is -1.16. The van der Waals surface area contributed by atoms with E-state index in [4.69, 9.17) is 4.74 Å². The molecule has 114 valence electrons. The van der Waals surface area contributed by atoms with Crippen molar-refractivity contribution in [3.05, 3.63) is 29.8 Å². The molecule has 0 N–H and O–H groups in total. The van der Waals surface area contributed by atoms with Crippen molar-refractivity contribution in [2.45, 2.75) is 49.4 Å². The molecule has 4 heteroatoms. The summed E-state index contributed by atoms with van der Waals surface area (Å²) in [6.45, 7) is 0. The summed E-state index contributed by atoms with van der Waals surface area (Å²) < 4.78 is 5.24. The Balaban J connectivity index is 1.68. The number of carbonyl (C=O) groups excluding carboxylic acids is 1. The molecule has 2 atom stereocenters. The number of hydrogen-bond donors (Lipinski definition) is 0. The minimum atomic E-state index is 0.287. The highest BCUT2D eigenvalue weighted by molar-refractivity contribution is 7.99. The third kappa shape index (κ3) is 3.05. The predicted octanol–water partition coefficient (Wildman–Crippen LogP) is 3.12. The topological polar surface area (TPSA) is 29.5 Å². The molecule has 2 aliphatic rings. The summed E-state index contributed by atoms with van der Waals surface area (Å²) in [6.07, 6.45) is 7.39. The molecule has 0 radical (unpaired) electrons.